The van der Waals surface area contributed by atoms with Crippen LogP contribution in [-0.4, -0.2) is 33.2 Å². The molecule has 4 rings (SSSR count). The summed E-state index contributed by atoms with van der Waals surface area (Å²) in [6.07, 6.45) is -1.71. The first-order chi connectivity index (χ1) is 16.7. The number of urea groups is 1. The summed E-state index contributed by atoms with van der Waals surface area (Å²) >= 11 is 5.94. The SMILES string of the molecule is CCOC(=O)c1cnn2c(-c3cccc(NC(=O)Nc4cc(C(F)(F)F)ccc4Cl)c3)ccnc12. The lowest BCUT2D eigenvalue weighted by molar-refractivity contribution is -0.137. The van der Waals surface area contributed by atoms with Crippen molar-refractivity contribution in [2.75, 3.05) is 17.2 Å². The number of alkyl halides is 3. The first kappa shape index (κ1) is 24.0. The Morgan fingerprint density at radius 1 is 1.11 bits per heavy atom. The van der Waals surface area contributed by atoms with Gasteiger partial charge in [-0.1, -0.05) is 23.7 Å². The van der Waals surface area contributed by atoms with Gasteiger partial charge in [0, 0.05) is 17.4 Å². The second-order valence-corrected chi connectivity index (χ2v) is 7.60. The van der Waals surface area contributed by atoms with Gasteiger partial charge in [0.2, 0.25) is 0 Å². The number of halogens is 4. The van der Waals surface area contributed by atoms with Crippen LogP contribution >= 0.6 is 11.6 Å². The second kappa shape index (κ2) is 9.63. The topological polar surface area (TPSA) is 97.6 Å². The van der Waals surface area contributed by atoms with Crippen LogP contribution in [0.15, 0.2) is 60.9 Å². The molecule has 8 nitrogen and oxygen atoms in total. The van der Waals surface area contributed by atoms with E-state index < -0.39 is 23.7 Å². The van der Waals surface area contributed by atoms with Crippen molar-refractivity contribution in [1.29, 1.82) is 0 Å². The van der Waals surface area contributed by atoms with E-state index >= 15 is 0 Å². The van der Waals surface area contributed by atoms with Gasteiger partial charge in [0.25, 0.3) is 0 Å². The van der Waals surface area contributed by atoms with Crippen molar-refractivity contribution in [3.05, 3.63) is 77.1 Å². The molecule has 2 aromatic heterocycles. The van der Waals surface area contributed by atoms with Crippen molar-refractivity contribution >= 4 is 40.6 Å². The summed E-state index contributed by atoms with van der Waals surface area (Å²) in [4.78, 5) is 28.8. The third kappa shape index (κ3) is 5.19. The zero-order chi connectivity index (χ0) is 25.2. The van der Waals surface area contributed by atoms with E-state index in [4.69, 9.17) is 16.3 Å². The molecule has 0 radical (unpaired) electrons. The van der Waals surface area contributed by atoms with Crippen LogP contribution in [0.25, 0.3) is 16.9 Å². The quantitative estimate of drug-likeness (QED) is 0.331. The molecule has 0 saturated heterocycles. The first-order valence-corrected chi connectivity index (χ1v) is 10.6. The third-order valence-corrected chi connectivity index (χ3v) is 5.18. The Hall–Kier alpha value is -4.12. The Labute approximate surface area is 201 Å². The Morgan fingerprint density at radius 2 is 1.91 bits per heavy atom. The van der Waals surface area contributed by atoms with E-state index in [2.05, 4.69) is 20.7 Å². The molecular weight excluding hydrogens is 487 g/mol. The minimum absolute atomic E-state index is 0.0443. The third-order valence-electron chi connectivity index (χ3n) is 4.85. The Morgan fingerprint density at radius 3 is 2.66 bits per heavy atom. The number of aromatic nitrogens is 3. The molecule has 0 aliphatic carbocycles. The van der Waals surface area contributed by atoms with Gasteiger partial charge in [-0.05, 0) is 43.3 Å². The van der Waals surface area contributed by atoms with E-state index in [1.54, 1.807) is 37.3 Å². The van der Waals surface area contributed by atoms with E-state index in [-0.39, 0.29) is 22.9 Å². The van der Waals surface area contributed by atoms with Crippen molar-refractivity contribution < 1.29 is 27.5 Å². The van der Waals surface area contributed by atoms with Crippen molar-refractivity contribution in [2.45, 2.75) is 13.1 Å². The summed E-state index contributed by atoms with van der Waals surface area (Å²) in [5.74, 6) is -0.549. The molecule has 2 heterocycles. The van der Waals surface area contributed by atoms with Crippen molar-refractivity contribution in [3.8, 4) is 11.3 Å². The highest BCUT2D eigenvalue weighted by molar-refractivity contribution is 6.33. The number of benzene rings is 2. The molecule has 4 aromatic rings. The lowest BCUT2D eigenvalue weighted by atomic mass is 10.1. The standard InChI is InChI=1S/C23H17ClF3N5O3/c1-2-35-21(33)16-12-29-32-19(8-9-28-20(16)32)13-4-3-5-15(10-13)30-22(34)31-18-11-14(23(25,26)27)6-7-17(18)24/h3-12H,2H2,1H3,(H2,30,31,34). The number of esters is 1. The van der Waals surface area contributed by atoms with Crippen LogP contribution < -0.4 is 10.6 Å². The van der Waals surface area contributed by atoms with Gasteiger partial charge in [0.15, 0.2) is 5.65 Å². The monoisotopic (exact) mass is 503 g/mol. The molecule has 12 heteroatoms. The van der Waals surface area contributed by atoms with Gasteiger partial charge in [-0.25, -0.2) is 19.1 Å². The molecule has 35 heavy (non-hydrogen) atoms. The molecule has 2 aromatic carbocycles. The Balaban J connectivity index is 1.57. The Bertz CT molecular complexity index is 1420. The molecule has 0 aliphatic heterocycles. The van der Waals surface area contributed by atoms with Crippen LogP contribution in [0, 0.1) is 0 Å². The van der Waals surface area contributed by atoms with E-state index in [1.807, 2.05) is 0 Å². The second-order valence-electron chi connectivity index (χ2n) is 7.20. The van der Waals surface area contributed by atoms with Gasteiger partial charge >= 0.3 is 18.2 Å². The van der Waals surface area contributed by atoms with Gasteiger partial charge in [0.1, 0.15) is 5.56 Å². The van der Waals surface area contributed by atoms with E-state index in [1.165, 1.54) is 16.9 Å². The number of nitrogens with zero attached hydrogens (tertiary/aromatic N) is 3. The maximum absolute atomic E-state index is 13.0. The Kier molecular flexibility index (Phi) is 6.61. The summed E-state index contributed by atoms with van der Waals surface area (Å²) in [5.41, 5.74) is 0.945. The van der Waals surface area contributed by atoms with Crippen LogP contribution in [-0.2, 0) is 10.9 Å². The van der Waals surface area contributed by atoms with Crippen LogP contribution in [0.3, 0.4) is 0 Å². The minimum Gasteiger partial charge on any atom is -0.462 e. The molecule has 0 atom stereocenters. The average Bonchev–Trinajstić information content (AvgIpc) is 3.24. The maximum Gasteiger partial charge on any atom is 0.416 e. The van der Waals surface area contributed by atoms with Gasteiger partial charge in [-0.2, -0.15) is 18.3 Å². The van der Waals surface area contributed by atoms with Gasteiger partial charge < -0.3 is 15.4 Å². The fraction of sp³-hybridized carbons (Fsp3) is 0.130. The summed E-state index contributed by atoms with van der Waals surface area (Å²) in [5, 5.41) is 9.08. The van der Waals surface area contributed by atoms with Crippen LogP contribution in [0.2, 0.25) is 5.02 Å². The number of ether oxygens (including phenoxy) is 1. The number of rotatable bonds is 5. The zero-order valence-corrected chi connectivity index (χ0v) is 18.8. The smallest absolute Gasteiger partial charge is 0.416 e. The van der Waals surface area contributed by atoms with Crippen molar-refractivity contribution in [1.82, 2.24) is 14.6 Å². The molecule has 0 saturated carbocycles. The van der Waals surface area contributed by atoms with Gasteiger partial charge in [-0.15, -0.1) is 0 Å². The number of nitrogens with one attached hydrogen (secondary N) is 2. The minimum atomic E-state index is -4.58. The van der Waals surface area contributed by atoms with Gasteiger partial charge in [0.05, 0.1) is 34.8 Å². The molecule has 0 bridgehead atoms. The summed E-state index contributed by atoms with van der Waals surface area (Å²) in [7, 11) is 0. The lowest BCUT2D eigenvalue weighted by Gasteiger charge is -2.13. The largest absolute Gasteiger partial charge is 0.462 e. The zero-order valence-electron chi connectivity index (χ0n) is 18.1. The predicted octanol–water partition coefficient (Wildman–Crippen LogP) is 5.89. The molecule has 0 fully saturated rings. The number of fused-ring (bicyclic) bond motifs is 1. The molecule has 0 unspecified atom stereocenters. The lowest BCUT2D eigenvalue weighted by Crippen LogP contribution is -2.20. The molecule has 0 aliphatic rings. The van der Waals surface area contributed by atoms with E-state index in [0.717, 1.165) is 18.2 Å². The summed E-state index contributed by atoms with van der Waals surface area (Å²) in [6.45, 7) is 1.90. The molecular formula is C23H17ClF3N5O3. The van der Waals surface area contributed by atoms with Crippen molar-refractivity contribution in [3.63, 3.8) is 0 Å². The fourth-order valence-electron chi connectivity index (χ4n) is 3.30. The highest BCUT2D eigenvalue weighted by atomic mass is 35.5. The predicted molar refractivity (Wildman–Crippen MR) is 123 cm³/mol. The first-order valence-electron chi connectivity index (χ1n) is 10.2. The normalized spacial score (nSPS) is 11.3. The number of amides is 2. The van der Waals surface area contributed by atoms with E-state index in [9.17, 15) is 22.8 Å². The van der Waals surface area contributed by atoms with E-state index in [0.29, 0.717) is 22.6 Å². The summed E-state index contributed by atoms with van der Waals surface area (Å²) < 4.78 is 45.4. The molecule has 2 N–H and O–H groups in total. The number of carbonyl (C=O) groups is 2. The summed E-state index contributed by atoms with van der Waals surface area (Å²) in [6, 6.07) is 10.2. The number of hydrogen-bond acceptors (Lipinski definition) is 5. The highest BCUT2D eigenvalue weighted by Crippen LogP contribution is 2.34. The van der Waals surface area contributed by atoms with Crippen LogP contribution in [0.1, 0.15) is 22.8 Å². The fourth-order valence-corrected chi connectivity index (χ4v) is 3.47. The number of anilines is 2. The highest BCUT2D eigenvalue weighted by Gasteiger charge is 2.31. The van der Waals surface area contributed by atoms with Crippen molar-refractivity contribution in [2.24, 2.45) is 0 Å². The van der Waals surface area contributed by atoms with Crippen LogP contribution in [0.5, 0.6) is 0 Å². The number of hydrogen-bond donors (Lipinski definition) is 2. The molecule has 180 valence electrons. The van der Waals surface area contributed by atoms with Gasteiger partial charge in [-0.3, -0.25) is 0 Å². The molecule has 0 spiro atoms. The average molecular weight is 504 g/mol. The number of carbonyl (C=O) groups excluding carboxylic acids is 2. The molecule has 2 amide bonds. The maximum atomic E-state index is 13.0. The van der Waals surface area contributed by atoms with Crippen LogP contribution in [0.4, 0.5) is 29.3 Å².